The van der Waals surface area contributed by atoms with Crippen LogP contribution in [0, 0.1) is 5.92 Å². The van der Waals surface area contributed by atoms with Crippen LogP contribution >= 0.6 is 0 Å². The van der Waals surface area contributed by atoms with Crippen LogP contribution in [0.25, 0.3) is 0 Å². The molecule has 0 unspecified atom stereocenters. The number of primary amides is 1. The van der Waals surface area contributed by atoms with Gasteiger partial charge in [-0.25, -0.2) is 0 Å². The molecule has 2 fully saturated rings. The van der Waals surface area contributed by atoms with E-state index in [9.17, 15) is 9.59 Å². The number of ether oxygens (including phenoxy) is 1. The molecular formula is C15H26N2O3. The Kier molecular flexibility index (Phi) is 5.83. The number of nitrogens with two attached hydrogens (primary N) is 1. The molecule has 0 aromatic carbocycles. The quantitative estimate of drug-likeness (QED) is 0.774. The summed E-state index contributed by atoms with van der Waals surface area (Å²) in [6.45, 7) is 0.755. The van der Waals surface area contributed by atoms with E-state index in [1.807, 2.05) is 0 Å². The third-order valence-electron chi connectivity index (χ3n) is 4.42. The van der Waals surface area contributed by atoms with E-state index in [0.29, 0.717) is 12.3 Å². The molecule has 114 valence electrons. The predicted octanol–water partition coefficient (Wildman–Crippen LogP) is 1.50. The minimum absolute atomic E-state index is 0.00581. The minimum Gasteiger partial charge on any atom is -0.378 e. The molecule has 0 aromatic heterocycles. The smallest absolute Gasteiger partial charge is 0.222 e. The normalized spacial score (nSPS) is 25.3. The van der Waals surface area contributed by atoms with E-state index >= 15 is 0 Å². The van der Waals surface area contributed by atoms with Crippen molar-refractivity contribution in [2.75, 3.05) is 6.61 Å². The van der Waals surface area contributed by atoms with Gasteiger partial charge >= 0.3 is 0 Å². The van der Waals surface area contributed by atoms with Gasteiger partial charge in [-0.05, 0) is 31.6 Å². The van der Waals surface area contributed by atoms with E-state index in [1.165, 1.54) is 19.3 Å². The van der Waals surface area contributed by atoms with E-state index in [1.54, 1.807) is 0 Å². The third-order valence-corrected chi connectivity index (χ3v) is 4.42. The molecule has 2 rings (SSSR count). The Labute approximate surface area is 120 Å². The fourth-order valence-electron chi connectivity index (χ4n) is 3.37. The SMILES string of the molecule is NC(=O)C[C@H](NC(=O)C[C@@H]1CCCO1)C1CCCCC1. The van der Waals surface area contributed by atoms with Crippen LogP contribution < -0.4 is 11.1 Å². The maximum atomic E-state index is 12.1. The minimum atomic E-state index is -0.335. The van der Waals surface area contributed by atoms with Crippen molar-refractivity contribution >= 4 is 11.8 Å². The highest BCUT2D eigenvalue weighted by Gasteiger charge is 2.28. The van der Waals surface area contributed by atoms with Gasteiger partial charge in [0, 0.05) is 19.1 Å². The standard InChI is InChI=1S/C15H26N2O3/c16-14(18)10-13(11-5-2-1-3-6-11)17-15(19)9-12-7-4-8-20-12/h11-13H,1-10H2,(H2,16,18)(H,17,19)/t12-,13-/m0/s1. The number of carbonyl (C=O) groups is 2. The molecular weight excluding hydrogens is 256 g/mol. The molecule has 1 heterocycles. The molecule has 1 aliphatic heterocycles. The second-order valence-corrected chi connectivity index (χ2v) is 6.08. The molecule has 5 nitrogen and oxygen atoms in total. The van der Waals surface area contributed by atoms with Gasteiger partial charge in [0.15, 0.2) is 0 Å². The Morgan fingerprint density at radius 2 is 1.90 bits per heavy atom. The largest absolute Gasteiger partial charge is 0.378 e. The monoisotopic (exact) mass is 282 g/mol. The average molecular weight is 282 g/mol. The molecule has 0 aromatic rings. The first-order chi connectivity index (χ1) is 9.65. The Morgan fingerprint density at radius 3 is 2.50 bits per heavy atom. The highest BCUT2D eigenvalue weighted by atomic mass is 16.5. The maximum Gasteiger partial charge on any atom is 0.222 e. The van der Waals surface area contributed by atoms with Crippen LogP contribution in [0.4, 0.5) is 0 Å². The fraction of sp³-hybridized carbons (Fsp3) is 0.867. The highest BCUT2D eigenvalue weighted by Crippen LogP contribution is 2.28. The van der Waals surface area contributed by atoms with Crippen molar-refractivity contribution in [2.45, 2.75) is 69.9 Å². The molecule has 1 saturated carbocycles. The number of nitrogens with one attached hydrogen (secondary N) is 1. The number of carbonyl (C=O) groups excluding carboxylic acids is 2. The van der Waals surface area contributed by atoms with Crippen LogP contribution in [0.2, 0.25) is 0 Å². The van der Waals surface area contributed by atoms with E-state index in [0.717, 1.165) is 32.3 Å². The van der Waals surface area contributed by atoms with Gasteiger partial charge in [-0.3, -0.25) is 9.59 Å². The zero-order valence-corrected chi connectivity index (χ0v) is 12.1. The molecule has 2 aliphatic rings. The second kappa shape index (κ2) is 7.62. The average Bonchev–Trinajstić information content (AvgIpc) is 2.91. The molecule has 0 spiro atoms. The van der Waals surface area contributed by atoms with Crippen molar-refractivity contribution in [3.8, 4) is 0 Å². The number of hydrogen-bond acceptors (Lipinski definition) is 3. The van der Waals surface area contributed by atoms with Gasteiger partial charge in [-0.1, -0.05) is 19.3 Å². The van der Waals surface area contributed by atoms with Gasteiger partial charge in [-0.15, -0.1) is 0 Å². The van der Waals surface area contributed by atoms with Crippen molar-refractivity contribution in [3.05, 3.63) is 0 Å². The van der Waals surface area contributed by atoms with E-state index < -0.39 is 0 Å². The van der Waals surface area contributed by atoms with Crippen molar-refractivity contribution in [3.63, 3.8) is 0 Å². The van der Waals surface area contributed by atoms with Gasteiger partial charge < -0.3 is 15.8 Å². The van der Waals surface area contributed by atoms with E-state index in [-0.39, 0.29) is 30.4 Å². The van der Waals surface area contributed by atoms with Crippen molar-refractivity contribution in [1.82, 2.24) is 5.32 Å². The number of amides is 2. The molecule has 0 bridgehead atoms. The van der Waals surface area contributed by atoms with E-state index in [4.69, 9.17) is 10.5 Å². The van der Waals surface area contributed by atoms with Crippen molar-refractivity contribution in [1.29, 1.82) is 0 Å². The van der Waals surface area contributed by atoms with E-state index in [2.05, 4.69) is 5.32 Å². The van der Waals surface area contributed by atoms with Gasteiger partial charge in [0.25, 0.3) is 0 Å². The summed E-state index contributed by atoms with van der Waals surface area (Å²) in [5.41, 5.74) is 5.32. The maximum absolute atomic E-state index is 12.1. The third kappa shape index (κ3) is 4.78. The van der Waals surface area contributed by atoms with Crippen LogP contribution in [-0.2, 0) is 14.3 Å². The molecule has 3 N–H and O–H groups in total. The Hall–Kier alpha value is -1.10. The van der Waals surface area contributed by atoms with Crippen LogP contribution in [0.3, 0.4) is 0 Å². The van der Waals surface area contributed by atoms with Gasteiger partial charge in [0.2, 0.25) is 11.8 Å². The lowest BCUT2D eigenvalue weighted by molar-refractivity contribution is -0.125. The summed E-state index contributed by atoms with van der Waals surface area (Å²) in [7, 11) is 0. The molecule has 0 radical (unpaired) electrons. The topological polar surface area (TPSA) is 81.4 Å². The van der Waals surface area contributed by atoms with Gasteiger partial charge in [0.1, 0.15) is 0 Å². The summed E-state index contributed by atoms with van der Waals surface area (Å²) in [5, 5.41) is 3.03. The summed E-state index contributed by atoms with van der Waals surface area (Å²) in [4.78, 5) is 23.3. The predicted molar refractivity (Wildman–Crippen MR) is 75.9 cm³/mol. The lowest BCUT2D eigenvalue weighted by Gasteiger charge is -2.30. The second-order valence-electron chi connectivity index (χ2n) is 6.08. The summed E-state index contributed by atoms with van der Waals surface area (Å²) in [6, 6.07) is -0.0956. The lowest BCUT2D eigenvalue weighted by atomic mass is 9.82. The Morgan fingerprint density at radius 1 is 1.15 bits per heavy atom. The molecule has 2 atom stereocenters. The lowest BCUT2D eigenvalue weighted by Crippen LogP contribution is -2.44. The van der Waals surface area contributed by atoms with Crippen LogP contribution in [-0.4, -0.2) is 30.6 Å². The molecule has 1 saturated heterocycles. The van der Waals surface area contributed by atoms with Crippen molar-refractivity contribution in [2.24, 2.45) is 11.7 Å². The zero-order valence-electron chi connectivity index (χ0n) is 12.1. The first-order valence-electron chi connectivity index (χ1n) is 7.84. The van der Waals surface area contributed by atoms with Gasteiger partial charge in [-0.2, -0.15) is 0 Å². The van der Waals surface area contributed by atoms with Crippen LogP contribution in [0.5, 0.6) is 0 Å². The van der Waals surface area contributed by atoms with Crippen LogP contribution in [0.1, 0.15) is 57.8 Å². The van der Waals surface area contributed by atoms with Crippen molar-refractivity contribution < 1.29 is 14.3 Å². The summed E-state index contributed by atoms with van der Waals surface area (Å²) >= 11 is 0. The molecule has 2 amide bonds. The molecule has 1 aliphatic carbocycles. The summed E-state index contributed by atoms with van der Waals surface area (Å²) in [5.74, 6) is 0.0522. The molecule has 20 heavy (non-hydrogen) atoms. The first kappa shape index (κ1) is 15.3. The number of hydrogen-bond donors (Lipinski definition) is 2. The number of rotatable bonds is 6. The Balaban J connectivity index is 1.84. The summed E-state index contributed by atoms with van der Waals surface area (Å²) < 4.78 is 5.48. The van der Waals surface area contributed by atoms with Crippen LogP contribution in [0.15, 0.2) is 0 Å². The van der Waals surface area contributed by atoms with Gasteiger partial charge in [0.05, 0.1) is 12.5 Å². The highest BCUT2D eigenvalue weighted by molar-refractivity contribution is 5.79. The fourth-order valence-corrected chi connectivity index (χ4v) is 3.37. The summed E-state index contributed by atoms with van der Waals surface area (Å²) in [6.07, 6.45) is 8.48. The zero-order chi connectivity index (χ0) is 14.4. The molecule has 5 heteroatoms. The Bertz CT molecular complexity index is 334. The first-order valence-corrected chi connectivity index (χ1v) is 7.84.